The second kappa shape index (κ2) is 4.28. The molecule has 0 spiro atoms. The van der Waals surface area contributed by atoms with Gasteiger partial charge in [0.05, 0.1) is 6.10 Å². The molecule has 0 bridgehead atoms. The Balaban J connectivity index is 2.59. The van der Waals surface area contributed by atoms with Crippen LogP contribution in [0.5, 0.6) is 5.75 Å². The number of hydrogen-bond donors (Lipinski definition) is 1. The number of rotatable bonds is 3. The second-order valence-electron chi connectivity index (χ2n) is 3.38. The maximum absolute atomic E-state index is 9.21. The van der Waals surface area contributed by atoms with Crippen LogP contribution in [0, 0.1) is 6.92 Å². The van der Waals surface area contributed by atoms with Crippen LogP contribution in [0.15, 0.2) is 24.3 Å². The number of hydrogen-bond acceptors (Lipinski definition) is 2. The summed E-state index contributed by atoms with van der Waals surface area (Å²) in [5, 5.41) is 9.21. The lowest BCUT2D eigenvalue weighted by Crippen LogP contribution is -2.25. The van der Waals surface area contributed by atoms with E-state index in [9.17, 15) is 5.11 Å². The molecule has 13 heavy (non-hydrogen) atoms. The third kappa shape index (κ3) is 3.07. The van der Waals surface area contributed by atoms with Gasteiger partial charge in [-0.3, -0.25) is 0 Å². The topological polar surface area (TPSA) is 29.5 Å². The van der Waals surface area contributed by atoms with Crippen LogP contribution in [0.3, 0.4) is 0 Å². The van der Waals surface area contributed by atoms with E-state index < -0.39 is 6.10 Å². The third-order valence-corrected chi connectivity index (χ3v) is 2.02. The molecule has 0 saturated heterocycles. The van der Waals surface area contributed by atoms with Gasteiger partial charge in [0.25, 0.3) is 0 Å². The molecule has 0 saturated carbocycles. The first kappa shape index (κ1) is 10.1. The van der Waals surface area contributed by atoms with Crippen molar-refractivity contribution in [2.45, 2.75) is 33.0 Å². The van der Waals surface area contributed by atoms with E-state index in [0.717, 1.165) is 5.75 Å². The van der Waals surface area contributed by atoms with Gasteiger partial charge < -0.3 is 9.84 Å². The monoisotopic (exact) mass is 180 g/mol. The third-order valence-electron chi connectivity index (χ3n) is 2.02. The molecule has 1 N–H and O–H groups in total. The van der Waals surface area contributed by atoms with Gasteiger partial charge in [0.15, 0.2) is 0 Å². The van der Waals surface area contributed by atoms with E-state index in [2.05, 4.69) is 0 Å². The van der Waals surface area contributed by atoms with E-state index in [-0.39, 0.29) is 6.10 Å². The molecule has 0 radical (unpaired) electrons. The van der Waals surface area contributed by atoms with Crippen molar-refractivity contribution in [3.05, 3.63) is 29.8 Å². The Hall–Kier alpha value is -1.02. The highest BCUT2D eigenvalue weighted by Gasteiger charge is 2.09. The van der Waals surface area contributed by atoms with E-state index in [1.54, 1.807) is 6.92 Å². The van der Waals surface area contributed by atoms with Crippen LogP contribution in [0.2, 0.25) is 0 Å². The number of benzene rings is 1. The van der Waals surface area contributed by atoms with E-state index in [1.165, 1.54) is 5.56 Å². The molecule has 72 valence electrons. The molecule has 0 aliphatic carbocycles. The largest absolute Gasteiger partial charge is 0.488 e. The zero-order chi connectivity index (χ0) is 9.84. The van der Waals surface area contributed by atoms with Crippen LogP contribution in [-0.4, -0.2) is 17.3 Å². The fraction of sp³-hybridized carbons (Fsp3) is 0.455. The maximum Gasteiger partial charge on any atom is 0.121 e. The van der Waals surface area contributed by atoms with Gasteiger partial charge in [0, 0.05) is 0 Å². The summed E-state index contributed by atoms with van der Waals surface area (Å²) in [4.78, 5) is 0. The Morgan fingerprint density at radius 2 is 1.69 bits per heavy atom. The summed E-state index contributed by atoms with van der Waals surface area (Å²) in [6.07, 6.45) is -0.607. The van der Waals surface area contributed by atoms with Crippen LogP contribution >= 0.6 is 0 Å². The highest BCUT2D eigenvalue weighted by molar-refractivity contribution is 5.26. The molecule has 1 unspecified atom stereocenters. The first-order valence-electron chi connectivity index (χ1n) is 4.51. The van der Waals surface area contributed by atoms with Gasteiger partial charge >= 0.3 is 0 Å². The number of aryl methyl sites for hydroxylation is 1. The van der Waals surface area contributed by atoms with Gasteiger partial charge in [0.1, 0.15) is 11.9 Å². The highest BCUT2D eigenvalue weighted by atomic mass is 16.5. The quantitative estimate of drug-likeness (QED) is 0.772. The fourth-order valence-corrected chi connectivity index (χ4v) is 0.930. The minimum absolute atomic E-state index is 0.164. The molecule has 0 heterocycles. The molecule has 2 heteroatoms. The van der Waals surface area contributed by atoms with Crippen molar-refractivity contribution in [3.8, 4) is 5.75 Å². The van der Waals surface area contributed by atoms with Crippen LogP contribution in [-0.2, 0) is 0 Å². The van der Waals surface area contributed by atoms with Crippen LogP contribution in [0.25, 0.3) is 0 Å². The van der Waals surface area contributed by atoms with Gasteiger partial charge in [-0.25, -0.2) is 0 Å². The predicted octanol–water partition coefficient (Wildman–Crippen LogP) is 2.14. The van der Waals surface area contributed by atoms with Crippen molar-refractivity contribution in [2.24, 2.45) is 0 Å². The molecular weight excluding hydrogens is 164 g/mol. The minimum Gasteiger partial charge on any atom is -0.488 e. The van der Waals surface area contributed by atoms with Crippen molar-refractivity contribution in [2.75, 3.05) is 0 Å². The Labute approximate surface area is 79.2 Å². The van der Waals surface area contributed by atoms with Crippen molar-refractivity contribution in [1.29, 1.82) is 0 Å². The van der Waals surface area contributed by atoms with Crippen molar-refractivity contribution < 1.29 is 9.84 Å². The Morgan fingerprint density at radius 1 is 1.15 bits per heavy atom. The molecule has 0 aromatic heterocycles. The fourth-order valence-electron chi connectivity index (χ4n) is 0.930. The summed E-state index contributed by atoms with van der Waals surface area (Å²) in [5.74, 6) is 0.805. The molecule has 0 amide bonds. The molecule has 1 rings (SSSR count). The zero-order valence-corrected chi connectivity index (χ0v) is 8.32. The normalized spacial score (nSPS) is 15.1. The van der Waals surface area contributed by atoms with Crippen molar-refractivity contribution in [1.82, 2.24) is 0 Å². The summed E-state index contributed by atoms with van der Waals surface area (Å²) < 4.78 is 5.48. The first-order chi connectivity index (χ1) is 6.09. The summed E-state index contributed by atoms with van der Waals surface area (Å²) in [7, 11) is 0. The molecule has 2 nitrogen and oxygen atoms in total. The minimum atomic E-state index is -0.443. The van der Waals surface area contributed by atoms with Gasteiger partial charge in [-0.05, 0) is 32.9 Å². The lowest BCUT2D eigenvalue weighted by molar-refractivity contribution is 0.0604. The van der Waals surface area contributed by atoms with Gasteiger partial charge in [-0.2, -0.15) is 0 Å². The van der Waals surface area contributed by atoms with Crippen LogP contribution in [0.1, 0.15) is 19.4 Å². The molecule has 0 aliphatic rings. The van der Waals surface area contributed by atoms with E-state index in [0.29, 0.717) is 0 Å². The molecule has 1 aromatic rings. The van der Waals surface area contributed by atoms with E-state index in [4.69, 9.17) is 4.74 Å². The maximum atomic E-state index is 9.21. The Morgan fingerprint density at radius 3 is 2.15 bits per heavy atom. The van der Waals surface area contributed by atoms with Crippen LogP contribution < -0.4 is 4.74 Å². The first-order valence-corrected chi connectivity index (χ1v) is 4.51. The SMILES string of the molecule is Cc1ccc(OC(C)[C@H](C)O)cc1. The lowest BCUT2D eigenvalue weighted by Gasteiger charge is -2.17. The average molecular weight is 180 g/mol. The Bertz CT molecular complexity index is 251. The standard InChI is InChI=1S/C11H16O2/c1-8-4-6-11(7-5-8)13-10(3)9(2)12/h4-7,9-10,12H,1-3H3/t9-,10?/m0/s1. The molecule has 2 atom stereocenters. The van der Waals surface area contributed by atoms with Crippen molar-refractivity contribution in [3.63, 3.8) is 0 Å². The smallest absolute Gasteiger partial charge is 0.121 e. The van der Waals surface area contributed by atoms with Crippen molar-refractivity contribution >= 4 is 0 Å². The number of aliphatic hydroxyl groups excluding tert-OH is 1. The van der Waals surface area contributed by atoms with Gasteiger partial charge in [0.2, 0.25) is 0 Å². The second-order valence-corrected chi connectivity index (χ2v) is 3.38. The summed E-state index contributed by atoms with van der Waals surface area (Å²) in [6.45, 7) is 5.60. The summed E-state index contributed by atoms with van der Waals surface area (Å²) in [5.41, 5.74) is 1.21. The van der Waals surface area contributed by atoms with E-state index in [1.807, 2.05) is 38.1 Å². The molecule has 1 aromatic carbocycles. The number of ether oxygens (including phenoxy) is 1. The number of aliphatic hydroxyl groups is 1. The zero-order valence-electron chi connectivity index (χ0n) is 8.32. The predicted molar refractivity (Wildman–Crippen MR) is 52.9 cm³/mol. The lowest BCUT2D eigenvalue weighted by atomic mass is 10.2. The molecule has 0 fully saturated rings. The molecule has 0 aliphatic heterocycles. The summed E-state index contributed by atoms with van der Waals surface area (Å²) >= 11 is 0. The van der Waals surface area contributed by atoms with E-state index >= 15 is 0 Å². The van der Waals surface area contributed by atoms with Crippen LogP contribution in [0.4, 0.5) is 0 Å². The van der Waals surface area contributed by atoms with Gasteiger partial charge in [-0.15, -0.1) is 0 Å². The molecular formula is C11H16O2. The highest BCUT2D eigenvalue weighted by Crippen LogP contribution is 2.14. The van der Waals surface area contributed by atoms with Gasteiger partial charge in [-0.1, -0.05) is 17.7 Å². The Kier molecular flexibility index (Phi) is 3.32. The average Bonchev–Trinajstić information content (AvgIpc) is 2.08. The summed E-state index contributed by atoms with van der Waals surface area (Å²) in [6, 6.07) is 7.80.